The van der Waals surface area contributed by atoms with E-state index in [0.717, 1.165) is 31.4 Å². The van der Waals surface area contributed by atoms with Crippen molar-refractivity contribution in [1.29, 1.82) is 0 Å². The van der Waals surface area contributed by atoms with Gasteiger partial charge in [0.05, 0.1) is 6.42 Å². The smallest absolute Gasteiger partial charge is 0.252 e. The minimum absolute atomic E-state index is 0.0554. The predicted octanol–water partition coefficient (Wildman–Crippen LogP) is 2.29. The van der Waals surface area contributed by atoms with Gasteiger partial charge in [-0.25, -0.2) is 0 Å². The molecule has 2 fully saturated rings. The number of hydrogen-bond acceptors (Lipinski definition) is 5. The standard InChI is InChI=1S/C17H20N2O4/c20-16-9-13(17(21)19(16)12-4-2-1-3-5-12)18-11-6-7-14-15(8-11)23-10-22-14/h6-8,12-13,18H,1-5,9-10H2. The lowest BCUT2D eigenvalue weighted by Gasteiger charge is -2.29. The molecule has 1 aromatic rings. The fourth-order valence-corrected chi connectivity index (χ4v) is 3.67. The number of likely N-dealkylation sites (tertiary alicyclic amines) is 1. The average molecular weight is 316 g/mol. The van der Waals surface area contributed by atoms with Crippen LogP contribution in [0.25, 0.3) is 0 Å². The number of nitrogens with zero attached hydrogens (tertiary/aromatic N) is 1. The zero-order valence-corrected chi connectivity index (χ0v) is 12.9. The summed E-state index contributed by atoms with van der Waals surface area (Å²) in [5.74, 6) is 1.21. The number of ether oxygens (including phenoxy) is 2. The number of rotatable bonds is 3. The van der Waals surface area contributed by atoms with Crippen molar-refractivity contribution in [2.24, 2.45) is 0 Å². The number of anilines is 1. The molecule has 6 nitrogen and oxygen atoms in total. The summed E-state index contributed by atoms with van der Waals surface area (Å²) < 4.78 is 10.6. The number of benzene rings is 1. The molecule has 1 saturated heterocycles. The average Bonchev–Trinajstić information content (AvgIpc) is 3.13. The fourth-order valence-electron chi connectivity index (χ4n) is 3.67. The van der Waals surface area contributed by atoms with Crippen molar-refractivity contribution < 1.29 is 19.1 Å². The minimum Gasteiger partial charge on any atom is -0.454 e. The maximum Gasteiger partial charge on any atom is 0.252 e. The molecule has 0 spiro atoms. The Morgan fingerprint density at radius 2 is 1.83 bits per heavy atom. The summed E-state index contributed by atoms with van der Waals surface area (Å²) in [6.45, 7) is 0.217. The van der Waals surface area contributed by atoms with Gasteiger partial charge in [-0.3, -0.25) is 14.5 Å². The Morgan fingerprint density at radius 1 is 1.04 bits per heavy atom. The number of imide groups is 1. The second-order valence-electron chi connectivity index (χ2n) is 6.36. The maximum atomic E-state index is 12.6. The molecule has 3 aliphatic rings. The van der Waals surface area contributed by atoms with Gasteiger partial charge in [0.25, 0.3) is 5.91 Å². The van der Waals surface area contributed by atoms with Gasteiger partial charge in [0.2, 0.25) is 12.7 Å². The van der Waals surface area contributed by atoms with Crippen LogP contribution in [0, 0.1) is 0 Å². The van der Waals surface area contributed by atoms with Crippen LogP contribution < -0.4 is 14.8 Å². The Bertz CT molecular complexity index is 639. The van der Waals surface area contributed by atoms with Crippen LogP contribution in [-0.2, 0) is 9.59 Å². The van der Waals surface area contributed by atoms with Crippen molar-refractivity contribution in [3.63, 3.8) is 0 Å². The van der Waals surface area contributed by atoms with Crippen LogP contribution in [0.4, 0.5) is 5.69 Å². The van der Waals surface area contributed by atoms with E-state index >= 15 is 0 Å². The molecule has 2 aliphatic heterocycles. The largest absolute Gasteiger partial charge is 0.454 e. The first-order valence-electron chi connectivity index (χ1n) is 8.24. The lowest BCUT2D eigenvalue weighted by Crippen LogP contribution is -2.43. The topological polar surface area (TPSA) is 67.9 Å². The Labute approximate surface area is 134 Å². The normalized spacial score (nSPS) is 24.3. The van der Waals surface area contributed by atoms with Crippen molar-refractivity contribution in [2.75, 3.05) is 12.1 Å². The summed E-state index contributed by atoms with van der Waals surface area (Å²) in [7, 11) is 0. The van der Waals surface area contributed by atoms with Gasteiger partial charge >= 0.3 is 0 Å². The van der Waals surface area contributed by atoms with Crippen molar-refractivity contribution in [3.05, 3.63) is 18.2 Å². The molecule has 2 heterocycles. The molecular formula is C17H20N2O4. The van der Waals surface area contributed by atoms with Crippen LogP contribution in [-0.4, -0.2) is 35.6 Å². The molecule has 1 N–H and O–H groups in total. The highest BCUT2D eigenvalue weighted by molar-refractivity contribution is 6.07. The van der Waals surface area contributed by atoms with Gasteiger partial charge in [-0.05, 0) is 25.0 Å². The summed E-state index contributed by atoms with van der Waals surface area (Å²) in [5.41, 5.74) is 0.769. The summed E-state index contributed by atoms with van der Waals surface area (Å²) in [6, 6.07) is 5.07. The number of carbonyl (C=O) groups excluding carboxylic acids is 2. The number of fused-ring (bicyclic) bond motifs is 1. The molecule has 0 radical (unpaired) electrons. The van der Waals surface area contributed by atoms with Gasteiger partial charge in [-0.15, -0.1) is 0 Å². The Morgan fingerprint density at radius 3 is 2.65 bits per heavy atom. The molecule has 1 atom stereocenters. The van der Waals surface area contributed by atoms with E-state index < -0.39 is 6.04 Å². The maximum absolute atomic E-state index is 12.6. The highest BCUT2D eigenvalue weighted by Gasteiger charge is 2.42. The van der Waals surface area contributed by atoms with Crippen molar-refractivity contribution in [2.45, 2.75) is 50.6 Å². The third kappa shape index (κ3) is 2.62. The van der Waals surface area contributed by atoms with E-state index in [2.05, 4.69) is 5.32 Å². The highest BCUT2D eigenvalue weighted by Crippen LogP contribution is 2.35. The molecule has 0 aromatic heterocycles. The Kier molecular flexibility index (Phi) is 3.59. The molecule has 1 aliphatic carbocycles. The first kappa shape index (κ1) is 14.4. The first-order valence-corrected chi connectivity index (χ1v) is 8.24. The van der Waals surface area contributed by atoms with E-state index in [9.17, 15) is 9.59 Å². The van der Waals surface area contributed by atoms with Crippen molar-refractivity contribution in [1.82, 2.24) is 4.90 Å². The van der Waals surface area contributed by atoms with E-state index in [4.69, 9.17) is 9.47 Å². The van der Waals surface area contributed by atoms with E-state index in [1.54, 1.807) is 0 Å². The highest BCUT2D eigenvalue weighted by atomic mass is 16.7. The lowest BCUT2D eigenvalue weighted by atomic mass is 9.94. The zero-order chi connectivity index (χ0) is 15.8. The van der Waals surface area contributed by atoms with Crippen molar-refractivity contribution in [3.8, 4) is 11.5 Å². The van der Waals surface area contributed by atoms with Gasteiger partial charge in [-0.2, -0.15) is 0 Å². The number of hydrogen-bond donors (Lipinski definition) is 1. The van der Waals surface area contributed by atoms with Crippen LogP contribution in [0.1, 0.15) is 38.5 Å². The fraction of sp³-hybridized carbons (Fsp3) is 0.529. The summed E-state index contributed by atoms with van der Waals surface area (Å²) >= 11 is 0. The van der Waals surface area contributed by atoms with Gasteiger partial charge < -0.3 is 14.8 Å². The Hall–Kier alpha value is -2.24. The van der Waals surface area contributed by atoms with Crippen LogP contribution in [0.2, 0.25) is 0 Å². The van der Waals surface area contributed by atoms with Crippen LogP contribution in [0.5, 0.6) is 11.5 Å². The molecule has 23 heavy (non-hydrogen) atoms. The quantitative estimate of drug-likeness (QED) is 0.867. The van der Waals surface area contributed by atoms with Gasteiger partial charge in [-0.1, -0.05) is 19.3 Å². The zero-order valence-electron chi connectivity index (χ0n) is 12.9. The molecule has 122 valence electrons. The molecule has 1 aromatic carbocycles. The van der Waals surface area contributed by atoms with Crippen LogP contribution in [0.15, 0.2) is 18.2 Å². The van der Waals surface area contributed by atoms with E-state index in [0.29, 0.717) is 11.5 Å². The predicted molar refractivity (Wildman–Crippen MR) is 83.3 cm³/mol. The minimum atomic E-state index is -0.482. The van der Waals surface area contributed by atoms with Gasteiger partial charge in [0.1, 0.15) is 6.04 Å². The molecule has 0 bridgehead atoms. The van der Waals surface area contributed by atoms with Gasteiger partial charge in [0, 0.05) is 17.8 Å². The molecular weight excluding hydrogens is 296 g/mol. The molecule has 6 heteroatoms. The van der Waals surface area contributed by atoms with E-state index in [1.165, 1.54) is 11.3 Å². The Balaban J connectivity index is 1.47. The second kappa shape index (κ2) is 5.76. The number of carbonyl (C=O) groups is 2. The number of amides is 2. The molecule has 1 saturated carbocycles. The van der Waals surface area contributed by atoms with Gasteiger partial charge in [0.15, 0.2) is 11.5 Å². The molecule has 1 unspecified atom stereocenters. The number of nitrogens with one attached hydrogen (secondary N) is 1. The van der Waals surface area contributed by atoms with Crippen LogP contribution >= 0.6 is 0 Å². The van der Waals surface area contributed by atoms with E-state index in [-0.39, 0.29) is 31.1 Å². The van der Waals surface area contributed by atoms with E-state index in [1.807, 2.05) is 18.2 Å². The molecule has 2 amide bonds. The third-order valence-electron chi connectivity index (χ3n) is 4.84. The molecule has 4 rings (SSSR count). The monoisotopic (exact) mass is 316 g/mol. The lowest BCUT2D eigenvalue weighted by molar-refractivity contribution is -0.141. The van der Waals surface area contributed by atoms with Crippen molar-refractivity contribution >= 4 is 17.5 Å². The second-order valence-corrected chi connectivity index (χ2v) is 6.36. The summed E-state index contributed by atoms with van der Waals surface area (Å²) in [6.07, 6.45) is 5.50. The first-order chi connectivity index (χ1) is 11.2. The summed E-state index contributed by atoms with van der Waals surface area (Å²) in [5, 5.41) is 3.17. The summed E-state index contributed by atoms with van der Waals surface area (Å²) in [4.78, 5) is 26.4. The third-order valence-corrected chi connectivity index (χ3v) is 4.84. The van der Waals surface area contributed by atoms with Crippen LogP contribution in [0.3, 0.4) is 0 Å². The SMILES string of the molecule is O=C1CC(Nc2ccc3c(c2)OCO3)C(=O)N1C1CCCCC1.